The average Bonchev–Trinajstić information content (AvgIpc) is 4.17. The lowest BCUT2D eigenvalue weighted by Crippen LogP contribution is -2.58. The zero-order valence-electron chi connectivity index (χ0n) is 41.1. The van der Waals surface area contributed by atoms with Crippen LogP contribution in [-0.2, 0) is 61.4 Å². The van der Waals surface area contributed by atoms with Crippen molar-refractivity contribution in [2.75, 3.05) is 19.6 Å². The number of rotatable bonds is 18. The van der Waals surface area contributed by atoms with Gasteiger partial charge in [-0.2, -0.15) is 0 Å². The van der Waals surface area contributed by atoms with E-state index < -0.39 is 59.5 Å². The van der Waals surface area contributed by atoms with Crippen molar-refractivity contribution in [3.63, 3.8) is 0 Å². The standard InChI is InChI=1S/C58H60N6O10/c1-39-24-25-45-32-47(39)48-34-58(48,54(67)59-29-30-61-56(69)73-37-42-19-10-4-11-20-42)64-53(66)49(23-14-28-60-55(68)72-36-41-17-8-3-9-18-41)62-52(65)50(63-57(70)74-38-43-21-12-5-13-22-43)33-46-31-44(45)26-27-51(46)71-35-40-15-6-2-7-16-40/h2-13,15-22,24-27,31-32,48-50H,14,23,28-30,33-38H2,1H3,(H,59,67)(H,60,68)(H,61,69)(H,62,65)(H,63,70)(H,64,66)/t48?,49-,50-,58?/m0/s1. The smallest absolute Gasteiger partial charge is 0.408 e. The first-order valence-electron chi connectivity index (χ1n) is 24.7. The van der Waals surface area contributed by atoms with Gasteiger partial charge in [0.1, 0.15) is 49.8 Å². The van der Waals surface area contributed by atoms with Gasteiger partial charge in [-0.15, -0.1) is 0 Å². The molecule has 2 aliphatic rings. The fraction of sp³-hybridized carbons (Fsp3) is 0.276. The van der Waals surface area contributed by atoms with Crippen LogP contribution in [0.5, 0.6) is 5.75 Å². The monoisotopic (exact) mass is 1000 g/mol. The molecule has 6 amide bonds. The van der Waals surface area contributed by atoms with E-state index in [0.29, 0.717) is 11.3 Å². The molecule has 16 nitrogen and oxygen atoms in total. The molecular formula is C58H60N6O10. The van der Waals surface area contributed by atoms with Gasteiger partial charge in [-0.3, -0.25) is 14.4 Å². The van der Waals surface area contributed by atoms with Crippen molar-refractivity contribution in [1.82, 2.24) is 31.9 Å². The number of carbonyl (C=O) groups excluding carboxylic acids is 6. The van der Waals surface area contributed by atoms with E-state index in [1.165, 1.54) is 0 Å². The molecule has 1 saturated carbocycles. The van der Waals surface area contributed by atoms with Gasteiger partial charge < -0.3 is 50.8 Å². The van der Waals surface area contributed by atoms with Crippen molar-refractivity contribution >= 4 is 36.0 Å². The normalized spacial score (nSPS) is 17.8. The SMILES string of the molecule is Cc1ccc2cc1C1CC1(C(=O)NCCNC(=O)OCc1ccccc1)NC(=O)[C@H](CCCNC(=O)OCc1ccccc1)NC(=O)[C@@H](NC(=O)OCc1ccccc1)Cc1cc-2ccc1OCc1ccccc1. The van der Waals surface area contributed by atoms with Crippen molar-refractivity contribution in [3.8, 4) is 16.9 Å². The predicted molar refractivity (Wildman–Crippen MR) is 276 cm³/mol. The lowest BCUT2D eigenvalue weighted by atomic mass is 9.93. The molecule has 6 aromatic rings. The molecule has 1 fully saturated rings. The molecule has 2 unspecified atom stereocenters. The summed E-state index contributed by atoms with van der Waals surface area (Å²) in [5.74, 6) is -1.87. The van der Waals surface area contributed by atoms with Crippen molar-refractivity contribution in [1.29, 1.82) is 0 Å². The quantitative estimate of drug-likeness (QED) is 0.0366. The summed E-state index contributed by atoms with van der Waals surface area (Å²) in [6, 6.07) is 46.2. The number of fused-ring (bicyclic) bond motifs is 7. The zero-order chi connectivity index (χ0) is 51.7. The number of benzene rings is 6. The number of hydrogen-bond acceptors (Lipinski definition) is 10. The van der Waals surface area contributed by atoms with Crippen LogP contribution < -0.4 is 36.6 Å². The number of nitrogens with one attached hydrogen (secondary N) is 6. The van der Waals surface area contributed by atoms with Crippen molar-refractivity contribution < 1.29 is 47.7 Å². The van der Waals surface area contributed by atoms with Crippen molar-refractivity contribution in [2.45, 2.75) is 82.6 Å². The number of amides is 6. The summed E-state index contributed by atoms with van der Waals surface area (Å²) in [4.78, 5) is 83.1. The third kappa shape index (κ3) is 14.3. The Morgan fingerprint density at radius 3 is 1.69 bits per heavy atom. The Morgan fingerprint density at radius 2 is 1.09 bits per heavy atom. The fourth-order valence-corrected chi connectivity index (χ4v) is 8.80. The number of ether oxygens (including phenoxy) is 4. The van der Waals surface area contributed by atoms with Crippen LogP contribution in [-0.4, -0.2) is 73.3 Å². The molecule has 0 aromatic heterocycles. The molecule has 4 atom stereocenters. The van der Waals surface area contributed by atoms with Crippen LogP contribution in [0.25, 0.3) is 11.1 Å². The highest BCUT2D eigenvalue weighted by Gasteiger charge is 2.62. The topological polar surface area (TPSA) is 212 Å². The number of alkyl carbamates (subject to hydrolysis) is 3. The second-order valence-corrected chi connectivity index (χ2v) is 18.3. The summed E-state index contributed by atoms with van der Waals surface area (Å²) in [6.45, 7) is 2.37. The van der Waals surface area contributed by atoms with E-state index in [2.05, 4.69) is 31.9 Å². The summed E-state index contributed by atoms with van der Waals surface area (Å²) in [5, 5.41) is 17.0. The molecule has 8 rings (SSSR count). The number of hydrogen-bond donors (Lipinski definition) is 6. The Morgan fingerprint density at radius 1 is 0.581 bits per heavy atom. The minimum absolute atomic E-state index is 0.00846. The van der Waals surface area contributed by atoms with Crippen LogP contribution in [0.4, 0.5) is 14.4 Å². The molecule has 74 heavy (non-hydrogen) atoms. The summed E-state index contributed by atoms with van der Waals surface area (Å²) < 4.78 is 22.7. The van der Waals surface area contributed by atoms with Crippen LogP contribution in [0.2, 0.25) is 0 Å². The third-order valence-electron chi connectivity index (χ3n) is 12.9. The zero-order valence-corrected chi connectivity index (χ0v) is 41.1. The van der Waals surface area contributed by atoms with Crippen molar-refractivity contribution in [2.24, 2.45) is 0 Å². The molecule has 0 radical (unpaired) electrons. The molecule has 6 aromatic carbocycles. The summed E-state index contributed by atoms with van der Waals surface area (Å²) in [7, 11) is 0. The van der Waals surface area contributed by atoms with E-state index >= 15 is 0 Å². The van der Waals surface area contributed by atoms with Gasteiger partial charge in [0, 0.05) is 32.0 Å². The van der Waals surface area contributed by atoms with E-state index in [1.807, 2.05) is 165 Å². The van der Waals surface area contributed by atoms with Gasteiger partial charge in [-0.05, 0) is 88.4 Å². The maximum absolute atomic E-state index is 14.8. The summed E-state index contributed by atoms with van der Waals surface area (Å²) in [6.07, 6.45) is -1.83. The fourth-order valence-electron chi connectivity index (χ4n) is 8.80. The Labute approximate surface area is 429 Å². The Balaban J connectivity index is 1.07. The van der Waals surface area contributed by atoms with Gasteiger partial charge >= 0.3 is 18.3 Å². The van der Waals surface area contributed by atoms with Crippen LogP contribution in [0.3, 0.4) is 0 Å². The lowest BCUT2D eigenvalue weighted by Gasteiger charge is -2.26. The molecule has 1 aliphatic heterocycles. The molecule has 4 bridgehead atoms. The van der Waals surface area contributed by atoms with E-state index in [9.17, 15) is 28.8 Å². The minimum Gasteiger partial charge on any atom is -0.489 e. The van der Waals surface area contributed by atoms with Gasteiger partial charge in [-0.25, -0.2) is 14.4 Å². The molecule has 16 heteroatoms. The number of carbonyl (C=O) groups is 6. The Hall–Kier alpha value is -8.66. The van der Waals surface area contributed by atoms with Crippen molar-refractivity contribution in [3.05, 3.63) is 197 Å². The minimum atomic E-state index is -1.46. The molecule has 0 saturated heterocycles. The maximum atomic E-state index is 14.8. The Kier molecular flexibility index (Phi) is 17.6. The van der Waals surface area contributed by atoms with E-state index in [4.69, 9.17) is 18.9 Å². The molecule has 0 spiro atoms. The molecule has 382 valence electrons. The largest absolute Gasteiger partial charge is 0.489 e. The van der Waals surface area contributed by atoms with Gasteiger partial charge in [0.25, 0.3) is 0 Å². The predicted octanol–water partition coefficient (Wildman–Crippen LogP) is 7.67. The highest BCUT2D eigenvalue weighted by Crippen LogP contribution is 2.53. The van der Waals surface area contributed by atoms with E-state index in [1.54, 1.807) is 0 Å². The molecule has 1 aliphatic carbocycles. The van der Waals surface area contributed by atoms with Gasteiger partial charge in [0.15, 0.2) is 0 Å². The average molecular weight is 1000 g/mol. The molecule has 6 N–H and O–H groups in total. The molecular weight excluding hydrogens is 941 g/mol. The van der Waals surface area contributed by atoms with Gasteiger partial charge in [0.2, 0.25) is 17.7 Å². The van der Waals surface area contributed by atoms with Crippen LogP contribution >= 0.6 is 0 Å². The summed E-state index contributed by atoms with van der Waals surface area (Å²) in [5.41, 5.74) is 5.74. The second-order valence-electron chi connectivity index (χ2n) is 18.3. The Bertz CT molecular complexity index is 2890. The lowest BCUT2D eigenvalue weighted by molar-refractivity contribution is -0.133. The highest BCUT2D eigenvalue weighted by molar-refractivity contribution is 5.99. The van der Waals surface area contributed by atoms with E-state index in [-0.39, 0.29) is 71.7 Å². The highest BCUT2D eigenvalue weighted by atomic mass is 16.6. The second kappa shape index (κ2) is 25.1. The first kappa shape index (κ1) is 51.7. The van der Waals surface area contributed by atoms with Gasteiger partial charge in [0.05, 0.1) is 0 Å². The van der Waals surface area contributed by atoms with E-state index in [0.717, 1.165) is 44.5 Å². The molecule has 1 heterocycles. The van der Waals surface area contributed by atoms with Crippen LogP contribution in [0.1, 0.15) is 64.1 Å². The third-order valence-corrected chi connectivity index (χ3v) is 12.9. The first-order chi connectivity index (χ1) is 36.0. The maximum Gasteiger partial charge on any atom is 0.408 e. The van der Waals surface area contributed by atoms with Crippen LogP contribution in [0.15, 0.2) is 158 Å². The first-order valence-corrected chi connectivity index (χ1v) is 24.7. The van der Waals surface area contributed by atoms with Crippen LogP contribution in [0, 0.1) is 6.92 Å². The van der Waals surface area contributed by atoms with Gasteiger partial charge in [-0.1, -0.05) is 146 Å². The summed E-state index contributed by atoms with van der Waals surface area (Å²) >= 11 is 0. The number of aryl methyl sites for hydroxylation is 1.